The van der Waals surface area contributed by atoms with E-state index in [4.69, 9.17) is 9.84 Å². The fourth-order valence-corrected chi connectivity index (χ4v) is 3.80. The second-order valence-electron chi connectivity index (χ2n) is 5.51. The second kappa shape index (κ2) is 7.33. The number of hydrogen-bond donors (Lipinski definition) is 1. The molecule has 0 aromatic carbocycles. The molecular formula is C15H24N2O3S. The van der Waals surface area contributed by atoms with Gasteiger partial charge in [-0.3, -0.25) is 4.79 Å². The van der Waals surface area contributed by atoms with Gasteiger partial charge >= 0.3 is 0 Å². The molecule has 1 amide bonds. The number of carbonyl (C=O) groups is 1. The number of aliphatic hydroxyl groups excluding tert-OH is 1. The number of hydrogen-bond acceptors (Lipinski definition) is 5. The zero-order valence-electron chi connectivity index (χ0n) is 13.0. The Bertz CT molecular complexity index is 489. The van der Waals surface area contributed by atoms with E-state index in [9.17, 15) is 4.79 Å². The Morgan fingerprint density at radius 1 is 1.62 bits per heavy atom. The van der Waals surface area contributed by atoms with Gasteiger partial charge in [0, 0.05) is 26.3 Å². The number of amides is 1. The summed E-state index contributed by atoms with van der Waals surface area (Å²) in [6.07, 6.45) is 3.62. The maximum Gasteiger partial charge on any atom is 0.266 e. The minimum atomic E-state index is -0.0842. The molecule has 0 spiro atoms. The Labute approximate surface area is 129 Å². The molecule has 0 bridgehead atoms. The molecule has 1 aromatic heterocycles. The minimum Gasteiger partial charge on any atom is -0.396 e. The van der Waals surface area contributed by atoms with Crippen LogP contribution in [0, 0.1) is 6.92 Å². The van der Waals surface area contributed by atoms with Crippen molar-refractivity contribution in [3.63, 3.8) is 0 Å². The summed E-state index contributed by atoms with van der Waals surface area (Å²) in [4.78, 5) is 19.9. The van der Waals surface area contributed by atoms with Crippen molar-refractivity contribution in [3.8, 4) is 0 Å². The van der Waals surface area contributed by atoms with Crippen LogP contribution < -0.4 is 0 Å². The summed E-state index contributed by atoms with van der Waals surface area (Å²) in [6, 6.07) is 0.259. The van der Waals surface area contributed by atoms with Crippen molar-refractivity contribution in [2.24, 2.45) is 0 Å². The van der Waals surface area contributed by atoms with E-state index in [1.165, 1.54) is 11.3 Å². The molecule has 0 radical (unpaired) electrons. The largest absolute Gasteiger partial charge is 0.396 e. The lowest BCUT2D eigenvalue weighted by Gasteiger charge is -2.24. The van der Waals surface area contributed by atoms with E-state index in [2.05, 4.69) is 4.98 Å². The first kappa shape index (κ1) is 16.4. The van der Waals surface area contributed by atoms with Crippen LogP contribution in [0.3, 0.4) is 0 Å². The van der Waals surface area contributed by atoms with Crippen molar-refractivity contribution in [2.75, 3.05) is 20.3 Å². The minimum absolute atomic E-state index is 0.0833. The summed E-state index contributed by atoms with van der Waals surface area (Å²) >= 11 is 1.44. The van der Waals surface area contributed by atoms with Crippen LogP contribution in [-0.2, 0) is 4.74 Å². The average molecular weight is 312 g/mol. The molecule has 118 valence electrons. The standard InChI is InChI=1S/C15H24N2O3S/c1-10-13(21-14(16-10)11(2)20-3)15(19)17-8-4-6-12(17)7-5-9-18/h11-12,18H,4-9H2,1-3H3. The molecule has 2 heterocycles. The van der Waals surface area contributed by atoms with Crippen molar-refractivity contribution >= 4 is 17.2 Å². The molecule has 1 aromatic rings. The van der Waals surface area contributed by atoms with Crippen molar-refractivity contribution in [2.45, 2.75) is 51.7 Å². The van der Waals surface area contributed by atoms with Gasteiger partial charge in [-0.1, -0.05) is 0 Å². The number of likely N-dealkylation sites (tertiary alicyclic amines) is 1. The zero-order chi connectivity index (χ0) is 15.4. The highest BCUT2D eigenvalue weighted by Gasteiger charge is 2.31. The Hall–Kier alpha value is -0.980. The first-order valence-electron chi connectivity index (χ1n) is 7.50. The van der Waals surface area contributed by atoms with E-state index in [1.54, 1.807) is 7.11 Å². The SMILES string of the molecule is COC(C)c1nc(C)c(C(=O)N2CCCC2CCCO)s1. The number of ether oxygens (including phenoxy) is 1. The molecule has 1 fully saturated rings. The molecule has 2 rings (SSSR count). The van der Waals surface area contributed by atoms with Crippen LogP contribution in [0.4, 0.5) is 0 Å². The third kappa shape index (κ3) is 3.62. The van der Waals surface area contributed by atoms with Crippen molar-refractivity contribution in [3.05, 3.63) is 15.6 Å². The highest BCUT2D eigenvalue weighted by molar-refractivity contribution is 7.13. The van der Waals surface area contributed by atoms with Crippen LogP contribution in [0.25, 0.3) is 0 Å². The molecule has 5 nitrogen and oxygen atoms in total. The van der Waals surface area contributed by atoms with Gasteiger partial charge in [-0.15, -0.1) is 11.3 Å². The smallest absolute Gasteiger partial charge is 0.266 e. The molecular weight excluding hydrogens is 288 g/mol. The number of rotatable bonds is 6. The second-order valence-corrected chi connectivity index (χ2v) is 6.54. The van der Waals surface area contributed by atoms with E-state index in [-0.39, 0.29) is 24.7 Å². The number of carbonyl (C=O) groups excluding carboxylic acids is 1. The molecule has 0 saturated carbocycles. The summed E-state index contributed by atoms with van der Waals surface area (Å²) < 4.78 is 5.28. The predicted molar refractivity (Wildman–Crippen MR) is 82.7 cm³/mol. The Kier molecular flexibility index (Phi) is 5.72. The maximum atomic E-state index is 12.8. The van der Waals surface area contributed by atoms with Gasteiger partial charge in [-0.25, -0.2) is 4.98 Å². The van der Waals surface area contributed by atoms with E-state index in [0.29, 0.717) is 0 Å². The average Bonchev–Trinajstić information content (AvgIpc) is 3.10. The molecule has 2 atom stereocenters. The van der Waals surface area contributed by atoms with Gasteiger partial charge in [0.1, 0.15) is 16.0 Å². The Morgan fingerprint density at radius 2 is 2.38 bits per heavy atom. The normalized spacial score (nSPS) is 20.0. The monoisotopic (exact) mass is 312 g/mol. The topological polar surface area (TPSA) is 62.7 Å². The number of aryl methyl sites for hydroxylation is 1. The lowest BCUT2D eigenvalue weighted by Crippen LogP contribution is -2.35. The summed E-state index contributed by atoms with van der Waals surface area (Å²) in [7, 11) is 1.65. The van der Waals surface area contributed by atoms with Gasteiger partial charge in [0.05, 0.1) is 5.69 Å². The quantitative estimate of drug-likeness (QED) is 0.877. The molecule has 1 aliphatic heterocycles. The number of thiazole rings is 1. The molecule has 21 heavy (non-hydrogen) atoms. The van der Waals surface area contributed by atoms with Crippen LogP contribution in [0.1, 0.15) is 59.1 Å². The number of aromatic nitrogens is 1. The summed E-state index contributed by atoms with van der Waals surface area (Å²) in [6.45, 7) is 4.82. The first-order chi connectivity index (χ1) is 10.1. The highest BCUT2D eigenvalue weighted by atomic mass is 32.1. The van der Waals surface area contributed by atoms with Crippen molar-refractivity contribution < 1.29 is 14.6 Å². The van der Waals surface area contributed by atoms with Gasteiger partial charge < -0.3 is 14.7 Å². The number of aliphatic hydroxyl groups is 1. The Morgan fingerprint density at radius 3 is 3.05 bits per heavy atom. The molecule has 1 N–H and O–H groups in total. The van der Waals surface area contributed by atoms with Crippen molar-refractivity contribution in [1.82, 2.24) is 9.88 Å². The van der Waals surface area contributed by atoms with E-state index in [1.807, 2.05) is 18.7 Å². The first-order valence-corrected chi connectivity index (χ1v) is 8.32. The molecule has 2 unspecified atom stereocenters. The van der Waals surface area contributed by atoms with E-state index >= 15 is 0 Å². The molecule has 1 aliphatic rings. The highest BCUT2D eigenvalue weighted by Crippen LogP contribution is 2.29. The van der Waals surface area contributed by atoms with Crippen LogP contribution in [0.5, 0.6) is 0 Å². The van der Waals surface area contributed by atoms with Gasteiger partial charge in [-0.05, 0) is 39.5 Å². The Balaban J connectivity index is 2.13. The number of nitrogens with zero attached hydrogens (tertiary/aromatic N) is 2. The summed E-state index contributed by atoms with van der Waals surface area (Å²) in [5.74, 6) is 0.0833. The lowest BCUT2D eigenvalue weighted by atomic mass is 10.1. The van der Waals surface area contributed by atoms with Crippen LogP contribution >= 0.6 is 11.3 Å². The van der Waals surface area contributed by atoms with E-state index in [0.717, 1.165) is 47.8 Å². The van der Waals surface area contributed by atoms with Crippen LogP contribution in [0.2, 0.25) is 0 Å². The fraction of sp³-hybridized carbons (Fsp3) is 0.733. The third-order valence-electron chi connectivity index (χ3n) is 4.04. The van der Waals surface area contributed by atoms with E-state index < -0.39 is 0 Å². The number of methoxy groups -OCH3 is 1. The predicted octanol–water partition coefficient (Wildman–Crippen LogP) is 2.54. The maximum absolute atomic E-state index is 12.8. The molecule has 0 aliphatic carbocycles. The third-order valence-corrected chi connectivity index (χ3v) is 5.35. The van der Waals surface area contributed by atoms with Gasteiger partial charge in [0.15, 0.2) is 0 Å². The summed E-state index contributed by atoms with van der Waals surface area (Å²) in [5.41, 5.74) is 0.789. The van der Waals surface area contributed by atoms with Crippen LogP contribution in [-0.4, -0.2) is 47.2 Å². The van der Waals surface area contributed by atoms with Gasteiger partial charge in [0.25, 0.3) is 5.91 Å². The van der Waals surface area contributed by atoms with Gasteiger partial charge in [-0.2, -0.15) is 0 Å². The van der Waals surface area contributed by atoms with Crippen molar-refractivity contribution in [1.29, 1.82) is 0 Å². The fourth-order valence-electron chi connectivity index (χ4n) is 2.75. The van der Waals surface area contributed by atoms with Gasteiger partial charge in [0.2, 0.25) is 0 Å². The van der Waals surface area contributed by atoms with Crippen LogP contribution in [0.15, 0.2) is 0 Å². The lowest BCUT2D eigenvalue weighted by molar-refractivity contribution is 0.0728. The zero-order valence-corrected chi connectivity index (χ0v) is 13.8. The summed E-state index contributed by atoms with van der Waals surface area (Å²) in [5, 5.41) is 9.83. The molecule has 1 saturated heterocycles. The molecule has 6 heteroatoms.